The molecule has 0 radical (unpaired) electrons. The van der Waals surface area contributed by atoms with Gasteiger partial charge < -0.3 is 32.7 Å². The first kappa shape index (κ1) is 46.8. The zero-order valence-corrected chi connectivity index (χ0v) is 37.1. The Kier molecular flexibility index (Phi) is 12.5. The topological polar surface area (TPSA) is 232 Å². The molecule has 0 unspecified atom stereocenters. The molecule has 2 atom stereocenters. The third kappa shape index (κ3) is 9.69. The van der Waals surface area contributed by atoms with Crippen LogP contribution < -0.4 is 22.9 Å². The van der Waals surface area contributed by atoms with Gasteiger partial charge in [-0.1, -0.05) is 60.7 Å². The number of rotatable bonds is 8. The fourth-order valence-corrected chi connectivity index (χ4v) is 8.81. The molecule has 10 rings (SSSR count). The number of hydrogen-bond donors (Lipinski definition) is 4. The summed E-state index contributed by atoms with van der Waals surface area (Å²) < 4.78 is 81.6. The number of halogens is 6. The number of benzene rings is 4. The van der Waals surface area contributed by atoms with Crippen LogP contribution in [0.15, 0.2) is 110 Å². The molecule has 16 nitrogen and oxygen atoms in total. The molecule has 8 aromatic rings. The first-order valence-electron chi connectivity index (χ1n) is 22.0. The van der Waals surface area contributed by atoms with E-state index in [9.17, 15) is 35.9 Å². The van der Waals surface area contributed by atoms with Crippen LogP contribution in [0.2, 0.25) is 0 Å². The van der Waals surface area contributed by atoms with E-state index >= 15 is 0 Å². The van der Waals surface area contributed by atoms with Gasteiger partial charge in [0.1, 0.15) is 35.7 Å². The standard InChI is InChI=1S/2C24H22F3N7O/c2*25-24(26,27)16-3-1-2-14(10-16)11-19(35)33-9-8-18(12-33)34-23-20(22(29)30-13-31-23)21(32-34)15-4-6-17(28)7-5-15/h2*1-7,10,13,18H,8-9,11-12,28H2,(H2,29,30,31)/t2*18-/m10/s1. The summed E-state index contributed by atoms with van der Waals surface area (Å²) in [6.07, 6.45) is -5.14. The van der Waals surface area contributed by atoms with Crippen molar-refractivity contribution in [2.45, 2.75) is 50.1 Å². The summed E-state index contributed by atoms with van der Waals surface area (Å²) >= 11 is 0. The van der Waals surface area contributed by atoms with Crippen LogP contribution in [0.4, 0.5) is 49.4 Å². The van der Waals surface area contributed by atoms with Gasteiger partial charge in [-0.15, -0.1) is 0 Å². The minimum Gasteiger partial charge on any atom is -0.399 e. The maximum absolute atomic E-state index is 13.0. The van der Waals surface area contributed by atoms with E-state index < -0.39 is 23.5 Å². The third-order valence-electron chi connectivity index (χ3n) is 12.3. The predicted octanol–water partition coefficient (Wildman–Crippen LogP) is 7.39. The molecule has 6 heterocycles. The van der Waals surface area contributed by atoms with Gasteiger partial charge in [0.2, 0.25) is 11.8 Å². The molecule has 360 valence electrons. The van der Waals surface area contributed by atoms with Crippen molar-refractivity contribution in [1.29, 1.82) is 0 Å². The van der Waals surface area contributed by atoms with Crippen molar-refractivity contribution < 1.29 is 35.9 Å². The van der Waals surface area contributed by atoms with Crippen LogP contribution in [0.1, 0.15) is 47.2 Å². The van der Waals surface area contributed by atoms with Crippen molar-refractivity contribution in [1.82, 2.24) is 49.3 Å². The number of nitrogens with zero attached hydrogens (tertiary/aromatic N) is 10. The summed E-state index contributed by atoms with van der Waals surface area (Å²) in [5, 5.41) is 10.8. The van der Waals surface area contributed by atoms with Gasteiger partial charge in [0.25, 0.3) is 0 Å². The fourth-order valence-electron chi connectivity index (χ4n) is 8.81. The Morgan fingerprint density at radius 1 is 0.543 bits per heavy atom. The Hall–Kier alpha value is -8.30. The second-order valence-electron chi connectivity index (χ2n) is 17.1. The van der Waals surface area contributed by atoms with Crippen molar-refractivity contribution >= 4 is 56.9 Å². The van der Waals surface area contributed by atoms with Crippen LogP contribution in [-0.4, -0.2) is 87.3 Å². The lowest BCUT2D eigenvalue weighted by atomic mass is 10.1. The smallest absolute Gasteiger partial charge is 0.399 e. The monoisotopic (exact) mass is 962 g/mol. The number of nitrogens with two attached hydrogens (primary N) is 4. The number of amides is 2. The number of aromatic nitrogens is 8. The lowest BCUT2D eigenvalue weighted by Crippen LogP contribution is -2.30. The third-order valence-corrected chi connectivity index (χ3v) is 12.3. The van der Waals surface area contributed by atoms with Crippen LogP contribution in [0.25, 0.3) is 44.6 Å². The average Bonchev–Trinajstić information content (AvgIpc) is 4.16. The predicted molar refractivity (Wildman–Crippen MR) is 250 cm³/mol. The minimum atomic E-state index is -4.45. The molecule has 2 fully saturated rings. The molecule has 2 aliphatic heterocycles. The fraction of sp³-hybridized carbons (Fsp3) is 0.250. The molecule has 70 heavy (non-hydrogen) atoms. The molecule has 2 amide bonds. The highest BCUT2D eigenvalue weighted by Gasteiger charge is 2.35. The van der Waals surface area contributed by atoms with E-state index in [1.54, 1.807) is 43.4 Å². The van der Waals surface area contributed by atoms with Crippen LogP contribution >= 0.6 is 0 Å². The highest BCUT2D eigenvalue weighted by Crippen LogP contribution is 2.37. The van der Waals surface area contributed by atoms with Gasteiger partial charge in [0.15, 0.2) is 11.3 Å². The van der Waals surface area contributed by atoms with E-state index in [0.717, 1.165) is 35.4 Å². The summed E-state index contributed by atoms with van der Waals surface area (Å²) in [5.74, 6) is 0.111. The molecule has 2 saturated heterocycles. The Morgan fingerprint density at radius 3 is 1.30 bits per heavy atom. The molecule has 0 aliphatic carbocycles. The first-order valence-corrected chi connectivity index (χ1v) is 22.0. The molecule has 4 aromatic heterocycles. The maximum Gasteiger partial charge on any atom is 0.416 e. The van der Waals surface area contributed by atoms with Crippen molar-refractivity contribution in [2.75, 3.05) is 49.1 Å². The lowest BCUT2D eigenvalue weighted by molar-refractivity contribution is -0.138. The van der Waals surface area contributed by atoms with E-state index in [1.807, 2.05) is 24.3 Å². The second kappa shape index (κ2) is 18.7. The van der Waals surface area contributed by atoms with Crippen LogP contribution in [-0.2, 0) is 34.8 Å². The van der Waals surface area contributed by atoms with E-state index in [4.69, 9.17) is 33.1 Å². The zero-order chi connectivity index (χ0) is 49.5. The highest BCUT2D eigenvalue weighted by atomic mass is 19.4. The number of alkyl halides is 6. The molecule has 8 N–H and O–H groups in total. The normalized spacial score (nSPS) is 16.2. The number of hydrogen-bond acceptors (Lipinski definition) is 12. The number of nitrogen functional groups attached to an aromatic ring is 4. The summed E-state index contributed by atoms with van der Waals surface area (Å²) in [7, 11) is 0. The molecule has 0 saturated carbocycles. The Labute approximate surface area is 394 Å². The van der Waals surface area contributed by atoms with Crippen LogP contribution in [0.5, 0.6) is 0 Å². The Bertz CT molecular complexity index is 3010. The van der Waals surface area contributed by atoms with Crippen molar-refractivity contribution in [2.24, 2.45) is 0 Å². The van der Waals surface area contributed by atoms with Crippen molar-refractivity contribution in [3.63, 3.8) is 0 Å². The van der Waals surface area contributed by atoms with Crippen LogP contribution in [0.3, 0.4) is 0 Å². The van der Waals surface area contributed by atoms with Gasteiger partial charge in [-0.3, -0.25) is 9.59 Å². The summed E-state index contributed by atoms with van der Waals surface area (Å²) in [6, 6.07) is 23.8. The van der Waals surface area contributed by atoms with Gasteiger partial charge >= 0.3 is 12.4 Å². The molecule has 0 spiro atoms. The molecular formula is C48H44F6N14O2. The van der Waals surface area contributed by atoms with E-state index in [-0.39, 0.29) is 36.7 Å². The first-order chi connectivity index (χ1) is 33.4. The largest absolute Gasteiger partial charge is 0.416 e. The van der Waals surface area contributed by atoms with E-state index in [2.05, 4.69) is 19.9 Å². The summed E-state index contributed by atoms with van der Waals surface area (Å²) in [6.45, 7) is 1.64. The summed E-state index contributed by atoms with van der Waals surface area (Å²) in [4.78, 5) is 46.1. The molecule has 4 aromatic carbocycles. The molecule has 0 bridgehead atoms. The lowest BCUT2D eigenvalue weighted by Gasteiger charge is -2.17. The average molecular weight is 963 g/mol. The number of anilines is 4. The van der Waals surface area contributed by atoms with Gasteiger partial charge in [0, 0.05) is 48.7 Å². The second-order valence-corrected chi connectivity index (χ2v) is 17.1. The number of fused-ring (bicyclic) bond motifs is 2. The van der Waals surface area contributed by atoms with Crippen LogP contribution in [0, 0.1) is 0 Å². The van der Waals surface area contributed by atoms with Crippen molar-refractivity contribution in [3.05, 3.63) is 132 Å². The SMILES string of the molecule is Nc1ccc(-c2nn([C@@H]3CCN(C(=O)Cc4cccc(C(F)(F)F)c4)C3)c3ncnc(N)c23)cc1.Nc1ccc(-c2nn([C@H]3CCN(C(=O)Cc4cccc(C(F)(F)F)c4)C3)c3ncnc(N)c23)cc1. The van der Waals surface area contributed by atoms with Gasteiger partial charge in [0.05, 0.1) is 46.8 Å². The molecule has 2 aliphatic rings. The number of carbonyl (C=O) groups excluding carboxylic acids is 2. The number of likely N-dealkylation sites (tertiary alicyclic amines) is 2. The van der Waals surface area contributed by atoms with Gasteiger partial charge in [-0.25, -0.2) is 29.3 Å². The minimum absolute atomic E-state index is 0.109. The number of carbonyl (C=O) groups is 2. The quantitative estimate of drug-likeness (QED) is 0.0863. The van der Waals surface area contributed by atoms with E-state index in [0.29, 0.717) is 107 Å². The van der Waals surface area contributed by atoms with Gasteiger partial charge in [-0.05, 0) is 60.4 Å². The van der Waals surface area contributed by atoms with Gasteiger partial charge in [-0.2, -0.15) is 36.5 Å². The van der Waals surface area contributed by atoms with Crippen molar-refractivity contribution in [3.8, 4) is 22.5 Å². The van der Waals surface area contributed by atoms with E-state index in [1.165, 1.54) is 36.9 Å². The zero-order valence-electron chi connectivity index (χ0n) is 37.1. The summed E-state index contributed by atoms with van der Waals surface area (Å²) in [5.41, 5.74) is 28.3. The molecule has 22 heteroatoms. The Balaban J connectivity index is 0.000000174. The maximum atomic E-state index is 13.0. The molecular weight excluding hydrogens is 919 g/mol. The highest BCUT2D eigenvalue weighted by molar-refractivity contribution is 5.99. The Morgan fingerprint density at radius 2 is 0.929 bits per heavy atom.